The highest BCUT2D eigenvalue weighted by atomic mass is 35.5. The van der Waals surface area contributed by atoms with Gasteiger partial charge in [0.1, 0.15) is 10.0 Å². The molecule has 0 bridgehead atoms. The molecule has 0 atom stereocenters. The molecule has 1 N–H and O–H groups in total. The Hall–Kier alpha value is -0.820. The molecule has 0 spiro atoms. The number of aryl methyl sites for hydroxylation is 2. The molecule has 0 amide bonds. The van der Waals surface area contributed by atoms with E-state index in [0.29, 0.717) is 26.0 Å². The van der Waals surface area contributed by atoms with Crippen LogP contribution < -0.4 is 0 Å². The van der Waals surface area contributed by atoms with E-state index in [4.69, 9.17) is 28.3 Å². The maximum Gasteiger partial charge on any atom is 0.347 e. The van der Waals surface area contributed by atoms with Gasteiger partial charge in [0, 0.05) is 22.0 Å². The Morgan fingerprint density at radius 1 is 1.40 bits per heavy atom. The van der Waals surface area contributed by atoms with Crippen LogP contribution in [-0.4, -0.2) is 21.0 Å². The zero-order chi connectivity index (χ0) is 14.9. The summed E-state index contributed by atoms with van der Waals surface area (Å²) in [7, 11) is 0. The summed E-state index contributed by atoms with van der Waals surface area (Å²) in [6.07, 6.45) is 0. The second kappa shape index (κ2) is 6.30. The van der Waals surface area contributed by atoms with E-state index in [0.717, 1.165) is 22.6 Å². The molecule has 0 unspecified atom stereocenters. The van der Waals surface area contributed by atoms with E-state index >= 15 is 0 Å². The van der Waals surface area contributed by atoms with Crippen LogP contribution in [0, 0.1) is 13.8 Å². The van der Waals surface area contributed by atoms with Crippen LogP contribution in [0.2, 0.25) is 10.2 Å². The molecule has 2 aromatic rings. The summed E-state index contributed by atoms with van der Waals surface area (Å²) in [5.74, 6) is -0.461. The van der Waals surface area contributed by atoms with Crippen molar-refractivity contribution in [1.29, 1.82) is 0 Å². The Labute approximate surface area is 134 Å². The van der Waals surface area contributed by atoms with Gasteiger partial charge in [-0.25, -0.2) is 14.8 Å². The highest BCUT2D eigenvalue weighted by molar-refractivity contribution is 8.00. The lowest BCUT2D eigenvalue weighted by Crippen LogP contribution is -1.94. The van der Waals surface area contributed by atoms with Crippen molar-refractivity contribution < 1.29 is 9.90 Å². The lowest BCUT2D eigenvalue weighted by Gasteiger charge is -2.05. The van der Waals surface area contributed by atoms with Crippen LogP contribution in [0.25, 0.3) is 0 Å². The number of rotatable bonds is 4. The van der Waals surface area contributed by atoms with E-state index in [1.807, 2.05) is 6.92 Å². The number of carboxylic acid groups (broad SMARTS) is 1. The summed E-state index contributed by atoms with van der Waals surface area (Å²) < 4.78 is 0.674. The molecule has 2 heterocycles. The number of aromatic nitrogens is 2. The first-order valence-corrected chi connectivity index (χ1v) is 8.09. The van der Waals surface area contributed by atoms with E-state index in [9.17, 15) is 4.79 Å². The maximum absolute atomic E-state index is 11.0. The van der Waals surface area contributed by atoms with Crippen molar-refractivity contribution in [3.05, 3.63) is 38.1 Å². The molecule has 0 fully saturated rings. The van der Waals surface area contributed by atoms with Crippen LogP contribution in [0.1, 0.15) is 26.6 Å². The van der Waals surface area contributed by atoms with Crippen LogP contribution >= 0.6 is 46.3 Å². The highest BCUT2D eigenvalue weighted by Crippen LogP contribution is 2.34. The van der Waals surface area contributed by atoms with Gasteiger partial charge in [0.2, 0.25) is 0 Å². The van der Waals surface area contributed by atoms with Gasteiger partial charge in [-0.15, -0.1) is 11.3 Å². The number of carbonyl (C=O) groups is 1. The number of thiazole rings is 1. The van der Waals surface area contributed by atoms with Gasteiger partial charge < -0.3 is 5.11 Å². The fourth-order valence-corrected chi connectivity index (χ4v) is 4.40. The minimum Gasteiger partial charge on any atom is -0.477 e. The van der Waals surface area contributed by atoms with Gasteiger partial charge in [0.25, 0.3) is 0 Å². The molecular weight excluding hydrogens is 339 g/mol. The molecule has 4 nitrogen and oxygen atoms in total. The maximum atomic E-state index is 11.0. The molecule has 106 valence electrons. The second-order valence-electron chi connectivity index (χ2n) is 4.00. The van der Waals surface area contributed by atoms with Crippen molar-refractivity contribution in [2.24, 2.45) is 0 Å². The van der Waals surface area contributed by atoms with Crippen molar-refractivity contribution >= 4 is 52.3 Å². The normalized spacial score (nSPS) is 10.8. The number of hydrogen-bond donors (Lipinski definition) is 1. The summed E-state index contributed by atoms with van der Waals surface area (Å²) in [6, 6.07) is 1.75. The van der Waals surface area contributed by atoms with Gasteiger partial charge in [-0.1, -0.05) is 35.0 Å². The summed E-state index contributed by atoms with van der Waals surface area (Å²) in [5.41, 5.74) is 2.00. The Bertz CT molecular complexity index is 650. The van der Waals surface area contributed by atoms with Crippen molar-refractivity contribution in [2.75, 3.05) is 0 Å². The van der Waals surface area contributed by atoms with Gasteiger partial charge in [-0.05, 0) is 19.9 Å². The summed E-state index contributed by atoms with van der Waals surface area (Å²) >= 11 is 14.7. The van der Waals surface area contributed by atoms with Gasteiger partial charge in [-0.3, -0.25) is 0 Å². The molecule has 20 heavy (non-hydrogen) atoms. The van der Waals surface area contributed by atoms with Crippen molar-refractivity contribution in [1.82, 2.24) is 9.97 Å². The molecule has 8 heteroatoms. The number of hydrogen-bond acceptors (Lipinski definition) is 5. The number of aromatic carboxylic acids is 1. The molecule has 0 aromatic carbocycles. The van der Waals surface area contributed by atoms with E-state index < -0.39 is 5.97 Å². The van der Waals surface area contributed by atoms with Gasteiger partial charge in [0.05, 0.1) is 5.69 Å². The zero-order valence-corrected chi connectivity index (χ0v) is 13.8. The topological polar surface area (TPSA) is 63.1 Å². The van der Waals surface area contributed by atoms with Crippen LogP contribution in [0.5, 0.6) is 0 Å². The van der Waals surface area contributed by atoms with Gasteiger partial charge in [0.15, 0.2) is 4.34 Å². The third-order valence-electron chi connectivity index (χ3n) is 2.46. The SMILES string of the molecule is Cc1cc(Cl)c(CSc2nc(C)c(C(=O)O)s2)c(Cl)n1. The molecule has 0 radical (unpaired) electrons. The third kappa shape index (κ3) is 3.44. The minimum absolute atomic E-state index is 0.256. The molecular formula is C12H10Cl2N2O2S2. The molecule has 2 rings (SSSR count). The Kier molecular flexibility index (Phi) is 4.90. The summed E-state index contributed by atoms with van der Waals surface area (Å²) in [5, 5.41) is 9.92. The van der Waals surface area contributed by atoms with Crippen LogP contribution in [0.15, 0.2) is 10.4 Å². The largest absolute Gasteiger partial charge is 0.477 e. The van der Waals surface area contributed by atoms with E-state index in [-0.39, 0.29) is 4.88 Å². The van der Waals surface area contributed by atoms with Gasteiger partial charge >= 0.3 is 5.97 Å². The standard InChI is InChI=1S/C12H10Cl2N2O2S2/c1-5-3-8(13)7(10(14)15-5)4-19-12-16-6(2)9(20-12)11(17)18/h3H,4H2,1-2H3,(H,17,18). The molecule has 0 aliphatic heterocycles. The van der Waals surface area contributed by atoms with Crippen LogP contribution in [-0.2, 0) is 5.75 Å². The predicted molar refractivity (Wildman–Crippen MR) is 82.4 cm³/mol. The Morgan fingerprint density at radius 2 is 2.10 bits per heavy atom. The van der Waals surface area contributed by atoms with E-state index in [1.165, 1.54) is 11.8 Å². The molecule has 0 saturated carbocycles. The monoisotopic (exact) mass is 348 g/mol. The number of nitrogens with zero attached hydrogens (tertiary/aromatic N) is 2. The zero-order valence-electron chi connectivity index (χ0n) is 10.6. The Morgan fingerprint density at radius 3 is 2.65 bits per heavy atom. The summed E-state index contributed by atoms with van der Waals surface area (Å²) in [4.78, 5) is 19.6. The molecule has 0 aliphatic carbocycles. The first-order valence-electron chi connectivity index (χ1n) is 5.53. The summed E-state index contributed by atoms with van der Waals surface area (Å²) in [6.45, 7) is 3.50. The fraction of sp³-hybridized carbons (Fsp3) is 0.250. The van der Waals surface area contributed by atoms with E-state index in [1.54, 1.807) is 13.0 Å². The minimum atomic E-state index is -0.958. The third-order valence-corrected chi connectivity index (χ3v) is 5.42. The number of carboxylic acids is 1. The van der Waals surface area contributed by atoms with Crippen molar-refractivity contribution in [2.45, 2.75) is 23.9 Å². The molecule has 2 aromatic heterocycles. The molecule has 0 saturated heterocycles. The average molecular weight is 349 g/mol. The average Bonchev–Trinajstić information content (AvgIpc) is 2.69. The highest BCUT2D eigenvalue weighted by Gasteiger charge is 2.15. The van der Waals surface area contributed by atoms with Crippen LogP contribution in [0.3, 0.4) is 0 Å². The van der Waals surface area contributed by atoms with Crippen molar-refractivity contribution in [3.8, 4) is 0 Å². The van der Waals surface area contributed by atoms with Gasteiger partial charge in [-0.2, -0.15) is 0 Å². The fourth-order valence-electron chi connectivity index (χ4n) is 1.52. The van der Waals surface area contributed by atoms with Crippen molar-refractivity contribution in [3.63, 3.8) is 0 Å². The number of thioether (sulfide) groups is 1. The lowest BCUT2D eigenvalue weighted by molar-refractivity contribution is 0.0701. The number of pyridine rings is 1. The lowest BCUT2D eigenvalue weighted by atomic mass is 10.3. The van der Waals surface area contributed by atoms with Crippen LogP contribution in [0.4, 0.5) is 0 Å². The predicted octanol–water partition coefficient (Wildman–Crippen LogP) is 4.45. The van der Waals surface area contributed by atoms with E-state index in [2.05, 4.69) is 9.97 Å². The quantitative estimate of drug-likeness (QED) is 0.653. The smallest absolute Gasteiger partial charge is 0.347 e. The second-order valence-corrected chi connectivity index (χ2v) is 6.99. The molecule has 0 aliphatic rings. The first kappa shape index (κ1) is 15.6. The Balaban J connectivity index is 2.17. The number of halogens is 2. The first-order chi connectivity index (χ1) is 9.38.